The predicted octanol–water partition coefficient (Wildman–Crippen LogP) is 0.634. The van der Waals surface area contributed by atoms with E-state index in [1.807, 2.05) is 0 Å². The van der Waals surface area contributed by atoms with E-state index >= 15 is 0 Å². The fourth-order valence-corrected chi connectivity index (χ4v) is 3.56. The number of nitrogens with two attached hydrogens (primary N) is 1. The fraction of sp³-hybridized carbons (Fsp3) is 0.455. The predicted molar refractivity (Wildman–Crippen MR) is 71.7 cm³/mol. The minimum atomic E-state index is -3.85. The second-order valence-corrected chi connectivity index (χ2v) is 6.60. The second-order valence-electron chi connectivity index (χ2n) is 4.95. The maximum Gasteiger partial charge on any atom is 0.271 e. The van der Waals surface area contributed by atoms with Crippen molar-refractivity contribution in [3.63, 3.8) is 0 Å². The van der Waals surface area contributed by atoms with Crippen LogP contribution < -0.4 is 10.5 Å². The van der Waals surface area contributed by atoms with E-state index in [0.29, 0.717) is 13.0 Å². The quantitative estimate of drug-likeness (QED) is 0.477. The first-order chi connectivity index (χ1) is 9.23. The van der Waals surface area contributed by atoms with E-state index in [-0.39, 0.29) is 22.9 Å². The molecule has 0 saturated carbocycles. The highest BCUT2D eigenvalue weighted by molar-refractivity contribution is 7.89. The first-order valence-corrected chi connectivity index (χ1v) is 7.37. The van der Waals surface area contributed by atoms with Crippen molar-refractivity contribution in [2.24, 2.45) is 0 Å². The SMILES string of the molecule is CC1(NS(=O)(=O)c2ccc([N+](=O)[O-])cc2N)CCOC1. The number of hydrogen-bond donors (Lipinski definition) is 2. The summed E-state index contributed by atoms with van der Waals surface area (Å²) in [6.07, 6.45) is 0.555. The van der Waals surface area contributed by atoms with Gasteiger partial charge in [-0.2, -0.15) is 0 Å². The molecule has 1 aromatic carbocycles. The Hall–Kier alpha value is -1.71. The number of rotatable bonds is 4. The summed E-state index contributed by atoms with van der Waals surface area (Å²) in [5, 5.41) is 10.6. The number of benzene rings is 1. The van der Waals surface area contributed by atoms with Crippen molar-refractivity contribution in [2.75, 3.05) is 18.9 Å². The van der Waals surface area contributed by atoms with Gasteiger partial charge < -0.3 is 10.5 Å². The van der Waals surface area contributed by atoms with Gasteiger partial charge in [-0.15, -0.1) is 0 Å². The summed E-state index contributed by atoms with van der Waals surface area (Å²) in [4.78, 5) is 9.81. The number of hydrogen-bond acceptors (Lipinski definition) is 6. The number of non-ortho nitro benzene ring substituents is 1. The molecule has 9 heteroatoms. The van der Waals surface area contributed by atoms with Crippen molar-refractivity contribution in [3.8, 4) is 0 Å². The molecule has 8 nitrogen and oxygen atoms in total. The van der Waals surface area contributed by atoms with Crippen LogP contribution in [0.3, 0.4) is 0 Å². The number of nitrogens with one attached hydrogen (secondary N) is 1. The van der Waals surface area contributed by atoms with Crippen molar-refractivity contribution in [2.45, 2.75) is 23.8 Å². The zero-order valence-electron chi connectivity index (χ0n) is 10.8. The third-order valence-electron chi connectivity index (χ3n) is 3.09. The minimum absolute atomic E-state index is 0.158. The van der Waals surface area contributed by atoms with Gasteiger partial charge in [-0.3, -0.25) is 10.1 Å². The van der Waals surface area contributed by atoms with Crippen molar-refractivity contribution in [1.29, 1.82) is 0 Å². The van der Waals surface area contributed by atoms with Crippen LogP contribution in [-0.2, 0) is 14.8 Å². The number of nitrogens with zero attached hydrogens (tertiary/aromatic N) is 1. The van der Waals surface area contributed by atoms with E-state index in [9.17, 15) is 18.5 Å². The summed E-state index contributed by atoms with van der Waals surface area (Å²) in [5.74, 6) is 0. The lowest BCUT2D eigenvalue weighted by molar-refractivity contribution is -0.384. The number of anilines is 1. The van der Waals surface area contributed by atoms with Crippen molar-refractivity contribution >= 4 is 21.4 Å². The molecule has 0 spiro atoms. The van der Waals surface area contributed by atoms with Crippen LogP contribution in [0.25, 0.3) is 0 Å². The van der Waals surface area contributed by atoms with Gasteiger partial charge in [-0.05, 0) is 19.4 Å². The third kappa shape index (κ3) is 2.89. The molecule has 110 valence electrons. The molecule has 20 heavy (non-hydrogen) atoms. The van der Waals surface area contributed by atoms with Crippen molar-refractivity contribution in [1.82, 2.24) is 4.72 Å². The molecule has 1 unspecified atom stereocenters. The molecular formula is C11H15N3O5S. The Morgan fingerprint density at radius 2 is 2.20 bits per heavy atom. The van der Waals surface area contributed by atoms with E-state index in [1.54, 1.807) is 6.92 Å². The van der Waals surface area contributed by atoms with E-state index < -0.39 is 20.5 Å². The summed E-state index contributed by atoms with van der Waals surface area (Å²) in [7, 11) is -3.85. The molecule has 0 amide bonds. The van der Waals surface area contributed by atoms with Crippen LogP contribution in [0.1, 0.15) is 13.3 Å². The van der Waals surface area contributed by atoms with Gasteiger partial charge in [-0.1, -0.05) is 0 Å². The average molecular weight is 301 g/mol. The van der Waals surface area contributed by atoms with Crippen molar-refractivity contribution in [3.05, 3.63) is 28.3 Å². The van der Waals surface area contributed by atoms with Crippen LogP contribution >= 0.6 is 0 Å². The molecule has 1 aromatic rings. The zero-order valence-corrected chi connectivity index (χ0v) is 11.6. The van der Waals surface area contributed by atoms with Crippen LogP contribution in [0, 0.1) is 10.1 Å². The molecule has 1 aliphatic rings. The van der Waals surface area contributed by atoms with Crippen LogP contribution in [0.5, 0.6) is 0 Å². The van der Waals surface area contributed by atoms with Crippen LogP contribution in [-0.4, -0.2) is 32.1 Å². The molecule has 3 N–H and O–H groups in total. The minimum Gasteiger partial charge on any atom is -0.397 e. The fourth-order valence-electron chi connectivity index (χ4n) is 2.02. The molecule has 0 aliphatic carbocycles. The van der Waals surface area contributed by atoms with Gasteiger partial charge >= 0.3 is 0 Å². The van der Waals surface area contributed by atoms with Gasteiger partial charge in [0.2, 0.25) is 10.0 Å². The van der Waals surface area contributed by atoms with Gasteiger partial charge in [0.05, 0.1) is 22.8 Å². The smallest absolute Gasteiger partial charge is 0.271 e. The van der Waals surface area contributed by atoms with Gasteiger partial charge in [-0.25, -0.2) is 13.1 Å². The Morgan fingerprint density at radius 1 is 1.50 bits per heavy atom. The first-order valence-electron chi connectivity index (χ1n) is 5.89. The summed E-state index contributed by atoms with van der Waals surface area (Å²) in [6, 6.07) is 3.27. The Labute approximate surface area is 116 Å². The molecule has 0 bridgehead atoms. The molecule has 1 fully saturated rings. The standard InChI is InChI=1S/C11H15N3O5S/c1-11(4-5-19-7-11)13-20(17,18)10-3-2-8(14(15)16)6-9(10)12/h2-3,6,13H,4-5,7,12H2,1H3. The van der Waals surface area contributed by atoms with E-state index in [2.05, 4.69) is 4.72 Å². The summed E-state index contributed by atoms with van der Waals surface area (Å²) in [5.41, 5.74) is 4.51. The Morgan fingerprint density at radius 3 is 2.70 bits per heavy atom. The lowest BCUT2D eigenvalue weighted by Crippen LogP contribution is -2.46. The summed E-state index contributed by atoms with van der Waals surface area (Å²) in [6.45, 7) is 2.49. The number of ether oxygens (including phenoxy) is 1. The Kier molecular flexibility index (Phi) is 3.67. The summed E-state index contributed by atoms with van der Waals surface area (Å²) < 4.78 is 32.3. The number of sulfonamides is 1. The Bertz CT molecular complexity index is 637. The average Bonchev–Trinajstić information content (AvgIpc) is 2.74. The molecular weight excluding hydrogens is 286 g/mol. The molecule has 1 atom stereocenters. The van der Waals surface area contributed by atoms with E-state index in [4.69, 9.17) is 10.5 Å². The van der Waals surface area contributed by atoms with Crippen LogP contribution in [0.15, 0.2) is 23.1 Å². The highest BCUT2D eigenvalue weighted by atomic mass is 32.2. The van der Waals surface area contributed by atoms with Crippen LogP contribution in [0.4, 0.5) is 11.4 Å². The molecule has 1 aliphatic heterocycles. The van der Waals surface area contributed by atoms with E-state index in [0.717, 1.165) is 18.2 Å². The lowest BCUT2D eigenvalue weighted by Gasteiger charge is -2.23. The van der Waals surface area contributed by atoms with E-state index in [1.165, 1.54) is 0 Å². The first kappa shape index (κ1) is 14.7. The molecule has 1 heterocycles. The van der Waals surface area contributed by atoms with Gasteiger partial charge in [0.25, 0.3) is 5.69 Å². The highest BCUT2D eigenvalue weighted by Gasteiger charge is 2.35. The topological polar surface area (TPSA) is 125 Å². The largest absolute Gasteiger partial charge is 0.397 e. The van der Waals surface area contributed by atoms with Gasteiger partial charge in [0, 0.05) is 18.7 Å². The number of nitrogen functional groups attached to an aromatic ring is 1. The number of nitro benzene ring substituents is 1. The molecule has 0 radical (unpaired) electrons. The monoisotopic (exact) mass is 301 g/mol. The third-order valence-corrected chi connectivity index (χ3v) is 4.81. The highest BCUT2D eigenvalue weighted by Crippen LogP contribution is 2.26. The normalized spacial score (nSPS) is 22.9. The van der Waals surface area contributed by atoms with Gasteiger partial charge in [0.15, 0.2) is 0 Å². The zero-order chi connectivity index (χ0) is 15.0. The van der Waals surface area contributed by atoms with Crippen LogP contribution in [0.2, 0.25) is 0 Å². The molecule has 1 saturated heterocycles. The van der Waals surface area contributed by atoms with Gasteiger partial charge in [0.1, 0.15) is 4.90 Å². The lowest BCUT2D eigenvalue weighted by atomic mass is 10.0. The molecule has 0 aromatic heterocycles. The molecule has 2 rings (SSSR count). The maximum absolute atomic E-state index is 12.3. The maximum atomic E-state index is 12.3. The van der Waals surface area contributed by atoms with Crippen molar-refractivity contribution < 1.29 is 18.1 Å². The summed E-state index contributed by atoms with van der Waals surface area (Å²) >= 11 is 0. The number of nitro groups is 1. The second kappa shape index (κ2) is 5.00. The Balaban J connectivity index is 2.32.